The van der Waals surface area contributed by atoms with Crippen LogP contribution in [0.1, 0.15) is 4.88 Å². The second-order valence-corrected chi connectivity index (χ2v) is 5.83. The molecule has 0 atom stereocenters. The first-order chi connectivity index (χ1) is 11.7. The maximum atomic E-state index is 11.5. The Bertz CT molecular complexity index is 810. The molecule has 0 spiro atoms. The minimum absolute atomic E-state index is 0.127. The van der Waals surface area contributed by atoms with Crippen molar-refractivity contribution in [2.24, 2.45) is 0 Å². The number of thiophene rings is 1. The van der Waals surface area contributed by atoms with Crippen LogP contribution in [0.4, 0.5) is 23.0 Å². The lowest BCUT2D eigenvalue weighted by Crippen LogP contribution is -2.10. The number of hydrogen-bond acceptors (Lipinski definition) is 8. The van der Waals surface area contributed by atoms with Crippen molar-refractivity contribution in [2.75, 3.05) is 17.2 Å². The van der Waals surface area contributed by atoms with Crippen LogP contribution < -0.4 is 10.6 Å². The van der Waals surface area contributed by atoms with Gasteiger partial charge in [0.15, 0.2) is 0 Å². The van der Waals surface area contributed by atoms with Crippen LogP contribution >= 0.6 is 11.3 Å². The van der Waals surface area contributed by atoms with Crippen molar-refractivity contribution in [3.05, 3.63) is 63.4 Å². The molecule has 24 heavy (non-hydrogen) atoms. The predicted molar refractivity (Wildman–Crippen MR) is 92.7 cm³/mol. The molecular weight excluding hydrogens is 328 g/mol. The van der Waals surface area contributed by atoms with Crippen LogP contribution in [0, 0.1) is 10.1 Å². The topological polar surface area (TPSA) is 106 Å². The maximum absolute atomic E-state index is 11.5. The third-order valence-electron chi connectivity index (χ3n) is 3.17. The third kappa shape index (κ3) is 3.82. The smallest absolute Gasteiger partial charge is 0.353 e. The molecule has 0 saturated carbocycles. The summed E-state index contributed by atoms with van der Waals surface area (Å²) in [6.07, 6.45) is 5.25. The van der Waals surface area contributed by atoms with Crippen molar-refractivity contribution in [3.8, 4) is 0 Å². The van der Waals surface area contributed by atoms with Gasteiger partial charge in [-0.3, -0.25) is 15.1 Å². The first-order valence-corrected chi connectivity index (χ1v) is 8.04. The fraction of sp³-hybridized carbons (Fsp3) is 0.133. The van der Waals surface area contributed by atoms with Gasteiger partial charge in [0.1, 0.15) is 6.33 Å². The summed E-state index contributed by atoms with van der Waals surface area (Å²) in [5, 5.41) is 19.4. The molecule has 0 aliphatic heterocycles. The quantitative estimate of drug-likeness (QED) is 0.501. The summed E-state index contributed by atoms with van der Waals surface area (Å²) >= 11 is 1.65. The lowest BCUT2D eigenvalue weighted by atomic mass is 10.3. The van der Waals surface area contributed by atoms with E-state index in [-0.39, 0.29) is 17.3 Å². The molecule has 3 aromatic heterocycles. The van der Waals surface area contributed by atoms with Crippen LogP contribution in [-0.2, 0) is 6.42 Å². The highest BCUT2D eigenvalue weighted by atomic mass is 32.1. The first kappa shape index (κ1) is 15.8. The highest BCUT2D eigenvalue weighted by molar-refractivity contribution is 7.09. The zero-order valence-electron chi connectivity index (χ0n) is 12.5. The Morgan fingerprint density at radius 1 is 1.21 bits per heavy atom. The Morgan fingerprint density at radius 2 is 2.08 bits per heavy atom. The molecule has 0 unspecified atom stereocenters. The average molecular weight is 342 g/mol. The highest BCUT2D eigenvalue weighted by Crippen LogP contribution is 2.30. The van der Waals surface area contributed by atoms with E-state index in [0.29, 0.717) is 12.2 Å². The molecule has 8 nitrogen and oxygen atoms in total. The molecule has 3 heterocycles. The van der Waals surface area contributed by atoms with Gasteiger partial charge in [0.25, 0.3) is 0 Å². The van der Waals surface area contributed by atoms with E-state index in [4.69, 9.17) is 0 Å². The van der Waals surface area contributed by atoms with Crippen molar-refractivity contribution in [1.29, 1.82) is 0 Å². The van der Waals surface area contributed by atoms with Crippen LogP contribution in [-0.4, -0.2) is 26.4 Å². The molecule has 3 rings (SSSR count). The Balaban J connectivity index is 1.78. The predicted octanol–water partition coefficient (Wildman–Crippen LogP) is 3.24. The monoisotopic (exact) mass is 342 g/mol. The molecule has 0 amide bonds. The standard InChI is InChI=1S/C15H14N6O2S/c22-21(23)13-14(17-7-5-12-4-2-8-24-12)18-10-19-15(13)20-11-3-1-6-16-9-11/h1-4,6,8-10H,5,7H2,(H2,17,18,19,20). The Morgan fingerprint density at radius 3 is 2.79 bits per heavy atom. The largest absolute Gasteiger partial charge is 0.364 e. The summed E-state index contributed by atoms with van der Waals surface area (Å²) < 4.78 is 0. The van der Waals surface area contributed by atoms with Gasteiger partial charge in [-0.05, 0) is 30.0 Å². The molecule has 0 fully saturated rings. The van der Waals surface area contributed by atoms with Crippen molar-refractivity contribution in [1.82, 2.24) is 15.0 Å². The van der Waals surface area contributed by atoms with Gasteiger partial charge >= 0.3 is 5.69 Å². The number of nitrogens with zero attached hydrogens (tertiary/aromatic N) is 4. The van der Waals surface area contributed by atoms with Crippen LogP contribution in [0.5, 0.6) is 0 Å². The summed E-state index contributed by atoms with van der Waals surface area (Å²) in [6, 6.07) is 7.48. The van der Waals surface area contributed by atoms with Gasteiger partial charge in [0.05, 0.1) is 16.8 Å². The van der Waals surface area contributed by atoms with Gasteiger partial charge < -0.3 is 10.6 Å². The Hall–Kier alpha value is -3.07. The van der Waals surface area contributed by atoms with Crippen LogP contribution in [0.3, 0.4) is 0 Å². The van der Waals surface area contributed by atoms with Crippen LogP contribution in [0.15, 0.2) is 48.4 Å². The molecule has 0 bridgehead atoms. The average Bonchev–Trinajstić information content (AvgIpc) is 3.09. The van der Waals surface area contributed by atoms with Crippen molar-refractivity contribution < 1.29 is 4.92 Å². The fourth-order valence-electron chi connectivity index (χ4n) is 2.10. The minimum atomic E-state index is -0.494. The number of nitro groups is 1. The van der Waals surface area contributed by atoms with Crippen molar-refractivity contribution in [2.45, 2.75) is 6.42 Å². The summed E-state index contributed by atoms with van der Waals surface area (Å²) in [4.78, 5) is 24.1. The van der Waals surface area contributed by atoms with Gasteiger partial charge in [0.2, 0.25) is 11.6 Å². The second-order valence-electron chi connectivity index (χ2n) is 4.80. The SMILES string of the molecule is O=[N+]([O-])c1c(NCCc2cccs2)ncnc1Nc1cccnc1. The van der Waals surface area contributed by atoms with E-state index < -0.39 is 4.92 Å². The second kappa shape index (κ2) is 7.47. The normalized spacial score (nSPS) is 10.3. The van der Waals surface area contributed by atoms with Gasteiger partial charge in [0, 0.05) is 17.6 Å². The summed E-state index contributed by atoms with van der Waals surface area (Å²) in [6.45, 7) is 0.546. The number of nitrogens with one attached hydrogen (secondary N) is 2. The summed E-state index contributed by atoms with van der Waals surface area (Å²) in [5.41, 5.74) is 0.427. The maximum Gasteiger partial charge on any atom is 0.353 e. The number of anilines is 3. The molecule has 0 aliphatic rings. The number of rotatable bonds is 7. The Labute approximate surface area is 141 Å². The molecule has 0 radical (unpaired) electrons. The van der Waals surface area contributed by atoms with E-state index in [0.717, 1.165) is 6.42 Å². The lowest BCUT2D eigenvalue weighted by molar-refractivity contribution is -0.383. The molecule has 2 N–H and O–H groups in total. The highest BCUT2D eigenvalue weighted by Gasteiger charge is 2.22. The van der Waals surface area contributed by atoms with Crippen molar-refractivity contribution in [3.63, 3.8) is 0 Å². The number of hydrogen-bond donors (Lipinski definition) is 2. The van der Waals surface area contributed by atoms with E-state index in [1.165, 1.54) is 11.2 Å². The van der Waals surface area contributed by atoms with Crippen LogP contribution in [0.2, 0.25) is 0 Å². The molecule has 0 saturated heterocycles. The fourth-order valence-corrected chi connectivity index (χ4v) is 2.81. The molecule has 0 aliphatic carbocycles. The van der Waals surface area contributed by atoms with Gasteiger partial charge in [-0.1, -0.05) is 6.07 Å². The molecule has 9 heteroatoms. The Kier molecular flexibility index (Phi) is 4.92. The number of aromatic nitrogens is 3. The molecule has 3 aromatic rings. The van der Waals surface area contributed by atoms with E-state index in [1.54, 1.807) is 35.9 Å². The molecular formula is C15H14N6O2S. The molecule has 0 aromatic carbocycles. The molecule has 122 valence electrons. The van der Waals surface area contributed by atoms with Gasteiger partial charge in [-0.15, -0.1) is 11.3 Å². The zero-order chi connectivity index (χ0) is 16.8. The lowest BCUT2D eigenvalue weighted by Gasteiger charge is -2.09. The summed E-state index contributed by atoms with van der Waals surface area (Å²) in [7, 11) is 0. The van der Waals surface area contributed by atoms with Crippen molar-refractivity contribution >= 4 is 34.3 Å². The van der Waals surface area contributed by atoms with Gasteiger partial charge in [-0.25, -0.2) is 9.97 Å². The third-order valence-corrected chi connectivity index (χ3v) is 4.11. The van der Waals surface area contributed by atoms with E-state index in [9.17, 15) is 10.1 Å². The zero-order valence-corrected chi connectivity index (χ0v) is 13.4. The van der Waals surface area contributed by atoms with E-state index >= 15 is 0 Å². The van der Waals surface area contributed by atoms with Gasteiger partial charge in [-0.2, -0.15) is 0 Å². The van der Waals surface area contributed by atoms with E-state index in [1.807, 2.05) is 17.5 Å². The number of pyridine rings is 1. The first-order valence-electron chi connectivity index (χ1n) is 7.17. The summed E-state index contributed by atoms with van der Waals surface area (Å²) in [5.74, 6) is 0.319. The van der Waals surface area contributed by atoms with E-state index in [2.05, 4.69) is 25.6 Å². The van der Waals surface area contributed by atoms with Crippen LogP contribution in [0.25, 0.3) is 0 Å². The minimum Gasteiger partial charge on any atom is -0.364 e.